The molecule has 1 aromatic rings. The standard InChI is InChI=1S/C10H14N2OS/c1-2-13-10-9(4-3-5-11-10)12-8-6-14-7-8/h3-5,8,12H,2,6-7H2,1H3. The maximum atomic E-state index is 5.43. The number of nitrogens with zero attached hydrogens (tertiary/aromatic N) is 1. The van der Waals surface area contributed by atoms with Crippen molar-refractivity contribution in [2.45, 2.75) is 13.0 Å². The second kappa shape index (κ2) is 4.55. The highest BCUT2D eigenvalue weighted by atomic mass is 32.2. The highest BCUT2D eigenvalue weighted by molar-refractivity contribution is 8.00. The van der Waals surface area contributed by atoms with E-state index in [1.54, 1.807) is 6.20 Å². The summed E-state index contributed by atoms with van der Waals surface area (Å²) >= 11 is 1.96. The molecule has 0 aliphatic carbocycles. The summed E-state index contributed by atoms with van der Waals surface area (Å²) in [5, 5.41) is 3.42. The van der Waals surface area contributed by atoms with Crippen LogP contribution in [0.1, 0.15) is 6.92 Å². The van der Waals surface area contributed by atoms with E-state index in [1.165, 1.54) is 11.5 Å². The van der Waals surface area contributed by atoms with E-state index >= 15 is 0 Å². The maximum Gasteiger partial charge on any atom is 0.237 e. The van der Waals surface area contributed by atoms with Crippen LogP contribution in [-0.4, -0.2) is 29.1 Å². The zero-order valence-electron chi connectivity index (χ0n) is 8.19. The van der Waals surface area contributed by atoms with Crippen LogP contribution in [0.5, 0.6) is 5.88 Å². The van der Waals surface area contributed by atoms with Gasteiger partial charge in [0, 0.05) is 23.7 Å². The number of ether oxygens (including phenoxy) is 1. The van der Waals surface area contributed by atoms with Gasteiger partial charge in [0.2, 0.25) is 5.88 Å². The Kier molecular flexibility index (Phi) is 3.14. The van der Waals surface area contributed by atoms with Crippen molar-refractivity contribution in [2.24, 2.45) is 0 Å². The van der Waals surface area contributed by atoms with Gasteiger partial charge in [-0.1, -0.05) is 0 Å². The molecule has 0 spiro atoms. The van der Waals surface area contributed by atoms with E-state index < -0.39 is 0 Å². The molecule has 1 aliphatic heterocycles. The summed E-state index contributed by atoms with van der Waals surface area (Å²) in [6.45, 7) is 2.63. The van der Waals surface area contributed by atoms with Crippen LogP contribution >= 0.6 is 11.8 Å². The van der Waals surface area contributed by atoms with Gasteiger partial charge >= 0.3 is 0 Å². The van der Waals surface area contributed by atoms with Gasteiger partial charge in [0.15, 0.2) is 0 Å². The van der Waals surface area contributed by atoms with Crippen LogP contribution in [0, 0.1) is 0 Å². The van der Waals surface area contributed by atoms with Crippen molar-refractivity contribution in [2.75, 3.05) is 23.4 Å². The van der Waals surface area contributed by atoms with Gasteiger partial charge in [-0.25, -0.2) is 4.98 Å². The van der Waals surface area contributed by atoms with Crippen LogP contribution in [0.3, 0.4) is 0 Å². The molecular formula is C10H14N2OS. The fourth-order valence-electron chi connectivity index (χ4n) is 1.29. The summed E-state index contributed by atoms with van der Waals surface area (Å²) in [4.78, 5) is 4.19. The zero-order valence-corrected chi connectivity index (χ0v) is 9.01. The number of nitrogens with one attached hydrogen (secondary N) is 1. The lowest BCUT2D eigenvalue weighted by Gasteiger charge is -2.27. The number of rotatable bonds is 4. The van der Waals surface area contributed by atoms with Crippen LogP contribution < -0.4 is 10.1 Å². The van der Waals surface area contributed by atoms with E-state index in [9.17, 15) is 0 Å². The molecule has 0 radical (unpaired) electrons. The molecule has 0 amide bonds. The van der Waals surface area contributed by atoms with Gasteiger partial charge in [-0.05, 0) is 19.1 Å². The first-order valence-electron chi connectivity index (χ1n) is 4.82. The summed E-state index contributed by atoms with van der Waals surface area (Å²) in [6, 6.07) is 4.53. The van der Waals surface area contributed by atoms with Gasteiger partial charge in [0.25, 0.3) is 0 Å². The number of pyridine rings is 1. The number of thioether (sulfide) groups is 1. The fourth-order valence-corrected chi connectivity index (χ4v) is 1.93. The Labute approximate surface area is 88.3 Å². The third-order valence-electron chi connectivity index (χ3n) is 2.05. The molecule has 0 aromatic carbocycles. The van der Waals surface area contributed by atoms with Crippen molar-refractivity contribution in [1.82, 2.24) is 4.98 Å². The van der Waals surface area contributed by atoms with Crippen LogP contribution in [-0.2, 0) is 0 Å². The normalized spacial score (nSPS) is 16.1. The quantitative estimate of drug-likeness (QED) is 0.824. The van der Waals surface area contributed by atoms with Crippen molar-refractivity contribution in [1.29, 1.82) is 0 Å². The molecule has 14 heavy (non-hydrogen) atoms. The van der Waals surface area contributed by atoms with E-state index in [0.717, 1.165) is 5.69 Å². The molecule has 1 aliphatic rings. The predicted octanol–water partition coefficient (Wildman–Crippen LogP) is 2.01. The lowest BCUT2D eigenvalue weighted by atomic mass is 10.3. The molecule has 0 unspecified atom stereocenters. The molecule has 4 heteroatoms. The van der Waals surface area contributed by atoms with E-state index in [4.69, 9.17) is 4.74 Å². The number of aromatic nitrogens is 1. The Bertz CT molecular complexity index is 302. The summed E-state index contributed by atoms with van der Waals surface area (Å²) in [5.74, 6) is 3.08. The second-order valence-electron chi connectivity index (χ2n) is 3.17. The number of hydrogen-bond donors (Lipinski definition) is 1. The molecule has 3 nitrogen and oxygen atoms in total. The van der Waals surface area contributed by atoms with E-state index in [-0.39, 0.29) is 0 Å². The summed E-state index contributed by atoms with van der Waals surface area (Å²) in [5.41, 5.74) is 1.01. The zero-order chi connectivity index (χ0) is 9.80. The van der Waals surface area contributed by atoms with Crippen LogP contribution in [0.2, 0.25) is 0 Å². The predicted molar refractivity (Wildman–Crippen MR) is 60.1 cm³/mol. The summed E-state index contributed by atoms with van der Waals surface area (Å²) in [7, 11) is 0. The lowest BCUT2D eigenvalue weighted by Crippen LogP contribution is -2.33. The van der Waals surface area contributed by atoms with Crippen molar-refractivity contribution in [3.8, 4) is 5.88 Å². The number of anilines is 1. The molecule has 1 aromatic heterocycles. The average Bonchev–Trinajstić information content (AvgIpc) is 2.14. The molecule has 2 rings (SSSR count). The van der Waals surface area contributed by atoms with Crippen molar-refractivity contribution >= 4 is 17.4 Å². The lowest BCUT2D eigenvalue weighted by molar-refractivity contribution is 0.328. The molecule has 76 valence electrons. The van der Waals surface area contributed by atoms with E-state index in [1.807, 2.05) is 30.8 Å². The molecule has 0 atom stereocenters. The van der Waals surface area contributed by atoms with Crippen molar-refractivity contribution in [3.63, 3.8) is 0 Å². The average molecular weight is 210 g/mol. The number of hydrogen-bond acceptors (Lipinski definition) is 4. The van der Waals surface area contributed by atoms with Gasteiger partial charge < -0.3 is 10.1 Å². The highest BCUT2D eigenvalue weighted by Gasteiger charge is 2.19. The molecular weight excluding hydrogens is 196 g/mol. The molecule has 0 saturated carbocycles. The van der Waals surface area contributed by atoms with Gasteiger partial charge in [-0.3, -0.25) is 0 Å². The Balaban J connectivity index is 2.05. The van der Waals surface area contributed by atoms with Gasteiger partial charge in [0.05, 0.1) is 12.3 Å². The first kappa shape index (κ1) is 9.65. The molecule has 1 saturated heterocycles. The van der Waals surface area contributed by atoms with E-state index in [2.05, 4.69) is 10.3 Å². The van der Waals surface area contributed by atoms with Crippen LogP contribution in [0.15, 0.2) is 18.3 Å². The third-order valence-corrected chi connectivity index (χ3v) is 3.33. The first-order chi connectivity index (χ1) is 6.90. The molecule has 0 bridgehead atoms. The smallest absolute Gasteiger partial charge is 0.237 e. The van der Waals surface area contributed by atoms with E-state index in [0.29, 0.717) is 18.5 Å². The van der Waals surface area contributed by atoms with Crippen molar-refractivity contribution < 1.29 is 4.74 Å². The second-order valence-corrected chi connectivity index (χ2v) is 4.24. The summed E-state index contributed by atoms with van der Waals surface area (Å²) < 4.78 is 5.43. The third kappa shape index (κ3) is 2.12. The molecule has 1 fully saturated rings. The largest absolute Gasteiger partial charge is 0.476 e. The van der Waals surface area contributed by atoms with Crippen molar-refractivity contribution in [3.05, 3.63) is 18.3 Å². The minimum absolute atomic E-state index is 0.586. The molecule has 2 heterocycles. The Morgan fingerprint density at radius 3 is 3.14 bits per heavy atom. The monoisotopic (exact) mass is 210 g/mol. The van der Waals surface area contributed by atoms with Crippen LogP contribution in [0.4, 0.5) is 5.69 Å². The minimum atomic E-state index is 0.586. The minimum Gasteiger partial charge on any atom is -0.476 e. The van der Waals surface area contributed by atoms with Gasteiger partial charge in [0.1, 0.15) is 0 Å². The Morgan fingerprint density at radius 2 is 2.50 bits per heavy atom. The SMILES string of the molecule is CCOc1ncccc1NC1CSC1. The van der Waals surface area contributed by atoms with Gasteiger partial charge in [-0.2, -0.15) is 11.8 Å². The topological polar surface area (TPSA) is 34.1 Å². The first-order valence-corrected chi connectivity index (χ1v) is 5.97. The fraction of sp³-hybridized carbons (Fsp3) is 0.500. The maximum absolute atomic E-state index is 5.43. The Hall–Kier alpha value is -0.900. The van der Waals surface area contributed by atoms with Gasteiger partial charge in [-0.15, -0.1) is 0 Å². The molecule has 1 N–H and O–H groups in total. The van der Waals surface area contributed by atoms with Crippen LogP contribution in [0.25, 0.3) is 0 Å². The highest BCUT2D eigenvalue weighted by Crippen LogP contribution is 2.26. The Morgan fingerprint density at radius 1 is 1.64 bits per heavy atom. The summed E-state index contributed by atoms with van der Waals surface area (Å²) in [6.07, 6.45) is 1.76.